The highest BCUT2D eigenvalue weighted by molar-refractivity contribution is 5.09. The highest BCUT2D eigenvalue weighted by Gasteiger charge is 2.37. The summed E-state index contributed by atoms with van der Waals surface area (Å²) in [6.45, 7) is 2.25. The minimum atomic E-state index is -0.250. The maximum atomic E-state index is 12.5. The van der Waals surface area contributed by atoms with Gasteiger partial charge < -0.3 is 0 Å². The highest BCUT2D eigenvalue weighted by atomic mass is 19.1. The van der Waals surface area contributed by atoms with Gasteiger partial charge in [-0.2, -0.15) is 0 Å². The van der Waals surface area contributed by atoms with E-state index in [4.69, 9.17) is 0 Å². The Bertz CT molecular complexity index is 274. The van der Waals surface area contributed by atoms with Gasteiger partial charge in [0.05, 0.1) is 6.20 Å². The zero-order chi connectivity index (χ0) is 8.60. The van der Waals surface area contributed by atoms with E-state index in [0.717, 1.165) is 12.1 Å². The lowest BCUT2D eigenvalue weighted by molar-refractivity contribution is 0.556. The van der Waals surface area contributed by atoms with Gasteiger partial charge in [-0.15, -0.1) is 0 Å². The fourth-order valence-electron chi connectivity index (χ4n) is 1.34. The summed E-state index contributed by atoms with van der Waals surface area (Å²) in [7, 11) is 0. The molecule has 0 atom stereocenters. The summed E-state index contributed by atoms with van der Waals surface area (Å²) < 4.78 is 12.5. The SMILES string of the molecule is CC1(Cc2ccc(F)cn2)CC1. The van der Waals surface area contributed by atoms with E-state index in [2.05, 4.69) is 11.9 Å². The molecule has 2 rings (SSSR count). The molecule has 1 aromatic rings. The molecule has 0 aromatic carbocycles. The summed E-state index contributed by atoms with van der Waals surface area (Å²) in [6.07, 6.45) is 4.85. The summed E-state index contributed by atoms with van der Waals surface area (Å²) in [5.41, 5.74) is 1.47. The summed E-state index contributed by atoms with van der Waals surface area (Å²) in [5.74, 6) is -0.250. The van der Waals surface area contributed by atoms with Crippen LogP contribution >= 0.6 is 0 Å². The van der Waals surface area contributed by atoms with E-state index in [1.165, 1.54) is 25.1 Å². The molecule has 1 heterocycles. The minimum Gasteiger partial charge on any atom is -0.258 e. The largest absolute Gasteiger partial charge is 0.258 e. The number of halogens is 1. The summed E-state index contributed by atoms with van der Waals surface area (Å²) in [4.78, 5) is 4.03. The van der Waals surface area contributed by atoms with Crippen molar-refractivity contribution >= 4 is 0 Å². The molecule has 2 heteroatoms. The average Bonchev–Trinajstić information content (AvgIpc) is 2.74. The van der Waals surface area contributed by atoms with Crippen molar-refractivity contribution < 1.29 is 4.39 Å². The Labute approximate surface area is 71.6 Å². The summed E-state index contributed by atoms with van der Waals surface area (Å²) >= 11 is 0. The van der Waals surface area contributed by atoms with E-state index >= 15 is 0 Å². The zero-order valence-electron chi connectivity index (χ0n) is 7.18. The van der Waals surface area contributed by atoms with Crippen molar-refractivity contribution in [3.8, 4) is 0 Å². The van der Waals surface area contributed by atoms with Crippen LogP contribution in [-0.2, 0) is 6.42 Å². The number of rotatable bonds is 2. The van der Waals surface area contributed by atoms with Gasteiger partial charge >= 0.3 is 0 Å². The van der Waals surface area contributed by atoms with Crippen molar-refractivity contribution in [3.05, 3.63) is 29.8 Å². The molecule has 1 fully saturated rings. The van der Waals surface area contributed by atoms with Crippen molar-refractivity contribution in [1.82, 2.24) is 4.98 Å². The van der Waals surface area contributed by atoms with Crippen LogP contribution in [0, 0.1) is 11.2 Å². The van der Waals surface area contributed by atoms with Gasteiger partial charge in [-0.3, -0.25) is 4.98 Å². The lowest BCUT2D eigenvalue weighted by Crippen LogP contribution is -2.00. The monoisotopic (exact) mass is 165 g/mol. The molecule has 1 nitrogen and oxygen atoms in total. The van der Waals surface area contributed by atoms with Crippen LogP contribution in [0.4, 0.5) is 4.39 Å². The molecule has 0 bridgehead atoms. The molecule has 1 aliphatic carbocycles. The highest BCUT2D eigenvalue weighted by Crippen LogP contribution is 2.47. The third-order valence-electron chi connectivity index (χ3n) is 2.50. The Morgan fingerprint density at radius 2 is 2.25 bits per heavy atom. The quantitative estimate of drug-likeness (QED) is 0.656. The van der Waals surface area contributed by atoms with E-state index in [1.807, 2.05) is 0 Å². The second kappa shape index (κ2) is 2.54. The van der Waals surface area contributed by atoms with Crippen LogP contribution in [0.1, 0.15) is 25.5 Å². The summed E-state index contributed by atoms with van der Waals surface area (Å²) in [6, 6.07) is 3.26. The van der Waals surface area contributed by atoms with Crippen LogP contribution in [0.25, 0.3) is 0 Å². The predicted octanol–water partition coefficient (Wildman–Crippen LogP) is 2.56. The number of nitrogens with zero attached hydrogens (tertiary/aromatic N) is 1. The van der Waals surface area contributed by atoms with E-state index in [0.29, 0.717) is 5.41 Å². The van der Waals surface area contributed by atoms with Gasteiger partial charge in [-0.25, -0.2) is 4.39 Å². The van der Waals surface area contributed by atoms with Crippen LogP contribution in [0.5, 0.6) is 0 Å². The number of hydrogen-bond donors (Lipinski definition) is 0. The molecular weight excluding hydrogens is 153 g/mol. The molecular formula is C10H12FN. The Kier molecular flexibility index (Phi) is 1.63. The molecule has 64 valence electrons. The average molecular weight is 165 g/mol. The fraction of sp³-hybridized carbons (Fsp3) is 0.500. The zero-order valence-corrected chi connectivity index (χ0v) is 7.18. The lowest BCUT2D eigenvalue weighted by Gasteiger charge is -2.05. The van der Waals surface area contributed by atoms with Crippen LogP contribution in [0.15, 0.2) is 18.3 Å². The van der Waals surface area contributed by atoms with Gasteiger partial charge in [-0.1, -0.05) is 6.92 Å². The first-order valence-electron chi connectivity index (χ1n) is 4.28. The molecule has 1 saturated carbocycles. The smallest absolute Gasteiger partial charge is 0.141 e. The molecule has 0 unspecified atom stereocenters. The van der Waals surface area contributed by atoms with Crippen molar-refractivity contribution in [2.24, 2.45) is 5.41 Å². The number of hydrogen-bond acceptors (Lipinski definition) is 1. The molecule has 12 heavy (non-hydrogen) atoms. The first kappa shape index (κ1) is 7.71. The normalized spacial score (nSPS) is 19.2. The Morgan fingerprint density at radius 1 is 1.50 bits per heavy atom. The van der Waals surface area contributed by atoms with Crippen LogP contribution < -0.4 is 0 Å². The Balaban J connectivity index is 2.08. The molecule has 1 aromatic heterocycles. The van der Waals surface area contributed by atoms with Crippen molar-refractivity contribution in [1.29, 1.82) is 0 Å². The van der Waals surface area contributed by atoms with Crippen molar-refractivity contribution in [2.75, 3.05) is 0 Å². The van der Waals surface area contributed by atoms with Crippen LogP contribution in [-0.4, -0.2) is 4.98 Å². The van der Waals surface area contributed by atoms with Crippen LogP contribution in [0.2, 0.25) is 0 Å². The molecule has 0 amide bonds. The third kappa shape index (κ3) is 1.63. The maximum absolute atomic E-state index is 12.5. The second-order valence-electron chi connectivity index (χ2n) is 3.96. The first-order valence-corrected chi connectivity index (χ1v) is 4.28. The molecule has 1 aliphatic rings. The minimum absolute atomic E-state index is 0.250. The predicted molar refractivity (Wildman–Crippen MR) is 45.2 cm³/mol. The molecule has 0 N–H and O–H groups in total. The summed E-state index contributed by atoms with van der Waals surface area (Å²) in [5, 5.41) is 0. The molecule has 0 saturated heterocycles. The second-order valence-corrected chi connectivity index (χ2v) is 3.96. The van der Waals surface area contributed by atoms with E-state index < -0.39 is 0 Å². The van der Waals surface area contributed by atoms with Gasteiger partial charge in [-0.05, 0) is 36.8 Å². The van der Waals surface area contributed by atoms with E-state index in [9.17, 15) is 4.39 Å². The van der Waals surface area contributed by atoms with Gasteiger partial charge in [0.25, 0.3) is 0 Å². The molecule has 0 radical (unpaired) electrons. The molecule has 0 spiro atoms. The van der Waals surface area contributed by atoms with Gasteiger partial charge in [0.1, 0.15) is 5.82 Å². The van der Waals surface area contributed by atoms with Gasteiger partial charge in [0, 0.05) is 5.69 Å². The topological polar surface area (TPSA) is 12.9 Å². The standard InChI is InChI=1S/C10H12FN/c1-10(4-5-10)6-9-3-2-8(11)7-12-9/h2-3,7H,4-6H2,1H3. The third-order valence-corrected chi connectivity index (χ3v) is 2.50. The number of aromatic nitrogens is 1. The van der Waals surface area contributed by atoms with Crippen molar-refractivity contribution in [3.63, 3.8) is 0 Å². The Hall–Kier alpha value is -0.920. The van der Waals surface area contributed by atoms with E-state index in [-0.39, 0.29) is 5.82 Å². The molecule has 0 aliphatic heterocycles. The first-order chi connectivity index (χ1) is 5.68. The Morgan fingerprint density at radius 3 is 2.75 bits per heavy atom. The van der Waals surface area contributed by atoms with Gasteiger partial charge in [0.15, 0.2) is 0 Å². The maximum Gasteiger partial charge on any atom is 0.141 e. The van der Waals surface area contributed by atoms with Crippen molar-refractivity contribution in [2.45, 2.75) is 26.2 Å². The van der Waals surface area contributed by atoms with Gasteiger partial charge in [0.2, 0.25) is 0 Å². The van der Waals surface area contributed by atoms with Crippen LogP contribution in [0.3, 0.4) is 0 Å². The van der Waals surface area contributed by atoms with E-state index in [1.54, 1.807) is 6.07 Å². The fourth-order valence-corrected chi connectivity index (χ4v) is 1.34. The number of pyridine rings is 1. The lowest BCUT2D eigenvalue weighted by atomic mass is 10.0.